The third kappa shape index (κ3) is 1.54. The van der Waals surface area contributed by atoms with Crippen LogP contribution in [-0.4, -0.2) is 0 Å². The lowest BCUT2D eigenvalue weighted by atomic mass is 10.2. The molecule has 0 aliphatic heterocycles. The van der Waals surface area contributed by atoms with Crippen molar-refractivity contribution in [1.29, 1.82) is 0 Å². The largest absolute Gasteiger partial charge is 0.204 e. The Morgan fingerprint density at radius 3 is 1.62 bits per heavy atom. The van der Waals surface area contributed by atoms with Gasteiger partial charge in [0.25, 0.3) is 0 Å². The van der Waals surface area contributed by atoms with Crippen LogP contribution in [0.2, 0.25) is 10.0 Å². The fraction of sp³-hybridized carbons (Fsp3) is 0. The van der Waals surface area contributed by atoms with Gasteiger partial charge in [0, 0.05) is 5.56 Å². The molecule has 0 unspecified atom stereocenters. The summed E-state index contributed by atoms with van der Waals surface area (Å²) in [4.78, 5) is 0. The Labute approximate surface area is 82.6 Å². The van der Waals surface area contributed by atoms with Crippen molar-refractivity contribution in [2.45, 2.75) is 0 Å². The summed E-state index contributed by atoms with van der Waals surface area (Å²) in [7, 11) is 0. The molecule has 0 aliphatic rings. The molecule has 0 heterocycles. The highest BCUT2D eigenvalue weighted by atomic mass is 35.5. The monoisotopic (exact) mass is 226 g/mol. The van der Waals surface area contributed by atoms with Crippen LogP contribution in [0.4, 0.5) is 13.2 Å². The maximum absolute atomic E-state index is 13.0. The smallest absolute Gasteiger partial charge is 0.166 e. The van der Waals surface area contributed by atoms with E-state index in [1.807, 2.05) is 0 Å². The molecule has 0 spiro atoms. The van der Waals surface area contributed by atoms with Gasteiger partial charge in [-0.25, -0.2) is 13.2 Å². The SMILES string of the molecule is C=Cc1c(F)c(Cl)c(F)c(Cl)c1F. The first kappa shape index (κ1) is 10.4. The zero-order chi connectivity index (χ0) is 10.2. The highest BCUT2D eigenvalue weighted by Gasteiger charge is 2.20. The molecule has 1 aromatic rings. The second-order valence-corrected chi connectivity index (χ2v) is 2.94. The van der Waals surface area contributed by atoms with E-state index in [1.54, 1.807) is 0 Å². The lowest BCUT2D eigenvalue weighted by Crippen LogP contribution is -1.96. The van der Waals surface area contributed by atoms with Crippen LogP contribution in [0.5, 0.6) is 0 Å². The molecular formula is C8H3Cl2F3. The van der Waals surface area contributed by atoms with Crippen LogP contribution in [0.1, 0.15) is 5.56 Å². The first-order valence-electron chi connectivity index (χ1n) is 3.14. The van der Waals surface area contributed by atoms with E-state index < -0.39 is 33.1 Å². The quantitative estimate of drug-likeness (QED) is 0.501. The van der Waals surface area contributed by atoms with E-state index >= 15 is 0 Å². The Morgan fingerprint density at radius 1 is 0.923 bits per heavy atom. The molecule has 0 aromatic heterocycles. The number of halogens is 5. The summed E-state index contributed by atoms with van der Waals surface area (Å²) >= 11 is 10.4. The number of benzene rings is 1. The van der Waals surface area contributed by atoms with Crippen molar-refractivity contribution in [3.8, 4) is 0 Å². The van der Waals surface area contributed by atoms with Crippen molar-refractivity contribution in [3.63, 3.8) is 0 Å². The molecule has 0 N–H and O–H groups in total. The predicted molar refractivity (Wildman–Crippen MR) is 46.4 cm³/mol. The molecule has 1 rings (SSSR count). The van der Waals surface area contributed by atoms with E-state index in [9.17, 15) is 13.2 Å². The van der Waals surface area contributed by atoms with Crippen LogP contribution in [0.25, 0.3) is 6.08 Å². The van der Waals surface area contributed by atoms with Crippen molar-refractivity contribution in [2.75, 3.05) is 0 Å². The summed E-state index contributed by atoms with van der Waals surface area (Å²) in [5.74, 6) is -3.70. The highest BCUT2D eigenvalue weighted by molar-refractivity contribution is 6.35. The lowest BCUT2D eigenvalue weighted by molar-refractivity contribution is 0.541. The van der Waals surface area contributed by atoms with E-state index in [-0.39, 0.29) is 0 Å². The van der Waals surface area contributed by atoms with Crippen LogP contribution in [0.15, 0.2) is 6.58 Å². The second kappa shape index (κ2) is 3.60. The zero-order valence-electron chi connectivity index (χ0n) is 6.17. The van der Waals surface area contributed by atoms with E-state index in [4.69, 9.17) is 23.2 Å². The summed E-state index contributed by atoms with van der Waals surface area (Å²) in [6.45, 7) is 3.14. The number of hydrogen-bond acceptors (Lipinski definition) is 0. The first-order chi connectivity index (χ1) is 6.00. The van der Waals surface area contributed by atoms with Crippen LogP contribution in [-0.2, 0) is 0 Å². The minimum atomic E-state index is -1.30. The Morgan fingerprint density at radius 2 is 1.31 bits per heavy atom. The Kier molecular flexibility index (Phi) is 2.88. The second-order valence-electron chi connectivity index (χ2n) is 2.19. The normalized spacial score (nSPS) is 10.2. The lowest BCUT2D eigenvalue weighted by Gasteiger charge is -2.05. The summed E-state index contributed by atoms with van der Waals surface area (Å²) in [6, 6.07) is 0. The number of hydrogen-bond donors (Lipinski definition) is 0. The Balaban J connectivity index is 3.66. The Bertz CT molecular complexity index is 345. The standard InChI is InChI=1S/C8H3Cl2F3/c1-2-3-6(11)4(9)8(13)5(10)7(3)12/h2H,1H2. The predicted octanol–water partition coefficient (Wildman–Crippen LogP) is 4.05. The molecule has 1 aromatic carbocycles. The fourth-order valence-corrected chi connectivity index (χ4v) is 1.24. The molecule has 0 amide bonds. The molecule has 0 saturated heterocycles. The Hall–Kier alpha value is -0.670. The molecule has 70 valence electrons. The molecular weight excluding hydrogens is 224 g/mol. The third-order valence-corrected chi connectivity index (χ3v) is 2.11. The summed E-state index contributed by atoms with van der Waals surface area (Å²) < 4.78 is 38.7. The first-order valence-corrected chi connectivity index (χ1v) is 3.90. The van der Waals surface area contributed by atoms with Gasteiger partial charge in [0.2, 0.25) is 0 Å². The summed E-state index contributed by atoms with van der Waals surface area (Å²) in [6.07, 6.45) is 0.877. The molecule has 0 radical (unpaired) electrons. The van der Waals surface area contributed by atoms with Gasteiger partial charge in [-0.1, -0.05) is 35.9 Å². The topological polar surface area (TPSA) is 0 Å². The van der Waals surface area contributed by atoms with Crippen molar-refractivity contribution in [3.05, 3.63) is 39.6 Å². The molecule has 0 atom stereocenters. The van der Waals surface area contributed by atoms with E-state index in [0.717, 1.165) is 6.08 Å². The highest BCUT2D eigenvalue weighted by Crippen LogP contribution is 2.32. The van der Waals surface area contributed by atoms with Gasteiger partial charge < -0.3 is 0 Å². The third-order valence-electron chi connectivity index (χ3n) is 1.45. The maximum Gasteiger partial charge on any atom is 0.166 e. The average molecular weight is 227 g/mol. The van der Waals surface area contributed by atoms with Gasteiger partial charge in [-0.2, -0.15) is 0 Å². The summed E-state index contributed by atoms with van der Waals surface area (Å²) in [5.41, 5.74) is -0.531. The number of rotatable bonds is 1. The molecule has 0 aliphatic carbocycles. The van der Waals surface area contributed by atoms with Crippen LogP contribution in [0.3, 0.4) is 0 Å². The van der Waals surface area contributed by atoms with Gasteiger partial charge in [0.05, 0.1) is 0 Å². The van der Waals surface area contributed by atoms with Crippen LogP contribution in [0, 0.1) is 17.5 Å². The van der Waals surface area contributed by atoms with Crippen LogP contribution < -0.4 is 0 Å². The van der Waals surface area contributed by atoms with Gasteiger partial charge in [-0.05, 0) is 0 Å². The van der Waals surface area contributed by atoms with Crippen molar-refractivity contribution < 1.29 is 13.2 Å². The zero-order valence-corrected chi connectivity index (χ0v) is 7.69. The molecule has 5 heteroatoms. The minimum absolute atomic E-state index is 0.531. The van der Waals surface area contributed by atoms with E-state index in [2.05, 4.69) is 6.58 Å². The summed E-state index contributed by atoms with van der Waals surface area (Å²) in [5, 5.41) is -1.66. The fourth-order valence-electron chi connectivity index (χ4n) is 0.801. The molecule has 0 fully saturated rings. The van der Waals surface area contributed by atoms with Crippen LogP contribution >= 0.6 is 23.2 Å². The van der Waals surface area contributed by atoms with Gasteiger partial charge in [-0.15, -0.1) is 0 Å². The van der Waals surface area contributed by atoms with Gasteiger partial charge >= 0.3 is 0 Å². The minimum Gasteiger partial charge on any atom is -0.204 e. The molecule has 0 saturated carbocycles. The average Bonchev–Trinajstić information content (AvgIpc) is 2.13. The molecule has 0 bridgehead atoms. The van der Waals surface area contributed by atoms with Crippen molar-refractivity contribution >= 4 is 29.3 Å². The van der Waals surface area contributed by atoms with E-state index in [0.29, 0.717) is 0 Å². The van der Waals surface area contributed by atoms with Crippen molar-refractivity contribution in [2.24, 2.45) is 0 Å². The van der Waals surface area contributed by atoms with Gasteiger partial charge in [0.1, 0.15) is 10.0 Å². The maximum atomic E-state index is 13.0. The van der Waals surface area contributed by atoms with Crippen molar-refractivity contribution in [1.82, 2.24) is 0 Å². The van der Waals surface area contributed by atoms with E-state index in [1.165, 1.54) is 0 Å². The van der Waals surface area contributed by atoms with Gasteiger partial charge in [0.15, 0.2) is 17.5 Å². The molecule has 0 nitrogen and oxygen atoms in total. The van der Waals surface area contributed by atoms with Gasteiger partial charge in [-0.3, -0.25) is 0 Å². The molecule has 13 heavy (non-hydrogen) atoms.